The Bertz CT molecular complexity index is 1080. The van der Waals surface area contributed by atoms with Gasteiger partial charge < -0.3 is 21.3 Å². The number of imide groups is 1. The van der Waals surface area contributed by atoms with Crippen LogP contribution in [-0.4, -0.2) is 73.7 Å². The summed E-state index contributed by atoms with van der Waals surface area (Å²) >= 11 is 0. The Morgan fingerprint density at radius 3 is 2.19 bits per heavy atom. The average molecular weight is 504 g/mol. The molecule has 0 spiro atoms. The minimum absolute atomic E-state index is 0.106. The molecule has 3 atom stereocenters. The van der Waals surface area contributed by atoms with Crippen LogP contribution in [0.15, 0.2) is 24.3 Å². The first-order chi connectivity index (χ1) is 16.7. The van der Waals surface area contributed by atoms with Gasteiger partial charge in [0.1, 0.15) is 17.9 Å². The molecule has 1 heterocycles. The summed E-state index contributed by atoms with van der Waals surface area (Å²) in [5, 5.41) is 29.3. The summed E-state index contributed by atoms with van der Waals surface area (Å²) in [6.07, 6.45) is -1.15. The zero-order valence-electron chi connectivity index (χ0n) is 20.1. The number of carboxylic acids is 2. The number of nitrogens with one attached hydrogen (secondary N) is 2. The van der Waals surface area contributed by atoms with E-state index in [2.05, 4.69) is 5.32 Å². The molecule has 1 fully saturated rings. The van der Waals surface area contributed by atoms with Gasteiger partial charge in [0.15, 0.2) is 0 Å². The first-order valence-corrected chi connectivity index (χ1v) is 11.1. The predicted octanol–water partition coefficient (Wildman–Crippen LogP) is -0.280. The number of hydrogen-bond donors (Lipinski definition) is 5. The van der Waals surface area contributed by atoms with Gasteiger partial charge in [-0.05, 0) is 17.9 Å². The van der Waals surface area contributed by atoms with E-state index < -0.39 is 65.9 Å². The highest BCUT2D eigenvalue weighted by Crippen LogP contribution is 2.27. The summed E-state index contributed by atoms with van der Waals surface area (Å²) < 4.78 is 0. The Labute approximate surface area is 206 Å². The number of nitrogen functional groups attached to an aromatic ring is 1. The van der Waals surface area contributed by atoms with Crippen molar-refractivity contribution < 1.29 is 39.0 Å². The third-order valence-corrected chi connectivity index (χ3v) is 5.70. The fourth-order valence-electron chi connectivity index (χ4n) is 3.89. The van der Waals surface area contributed by atoms with Crippen LogP contribution >= 0.6 is 0 Å². The molecule has 0 bridgehead atoms. The molecule has 0 aliphatic carbocycles. The summed E-state index contributed by atoms with van der Waals surface area (Å²) in [5.41, 5.74) is 6.56. The highest BCUT2D eigenvalue weighted by Gasteiger charge is 2.47. The SMILES string of the molecule is CC(=O)N([C@@H](CC(=O)O)C(=O)N[C@H](C(=O)O)C(C)C)N1C(=O)CC(Cc2ccc(C(=N)N)cc2)C1=O. The number of carbonyl (C=O) groups excluding carboxylic acids is 4. The Morgan fingerprint density at radius 2 is 1.75 bits per heavy atom. The molecule has 0 radical (unpaired) electrons. The van der Waals surface area contributed by atoms with E-state index in [1.54, 1.807) is 24.3 Å². The number of hydrazine groups is 1. The maximum Gasteiger partial charge on any atom is 0.326 e. The number of nitrogens with zero attached hydrogens (tertiary/aromatic N) is 2. The molecule has 0 saturated carbocycles. The summed E-state index contributed by atoms with van der Waals surface area (Å²) in [4.78, 5) is 74.5. The number of rotatable bonds is 11. The zero-order valence-corrected chi connectivity index (χ0v) is 20.1. The summed E-state index contributed by atoms with van der Waals surface area (Å²) in [6, 6.07) is 3.20. The van der Waals surface area contributed by atoms with Crippen molar-refractivity contribution in [2.24, 2.45) is 17.6 Å². The van der Waals surface area contributed by atoms with E-state index in [0.29, 0.717) is 21.1 Å². The van der Waals surface area contributed by atoms with Gasteiger partial charge in [0, 0.05) is 18.9 Å². The summed E-state index contributed by atoms with van der Waals surface area (Å²) in [6.45, 7) is 4.01. The van der Waals surface area contributed by atoms with E-state index in [4.69, 9.17) is 11.1 Å². The quantitative estimate of drug-likeness (QED) is 0.152. The van der Waals surface area contributed by atoms with Crippen molar-refractivity contribution in [3.8, 4) is 0 Å². The van der Waals surface area contributed by atoms with Crippen molar-refractivity contribution in [1.82, 2.24) is 15.3 Å². The molecule has 1 unspecified atom stereocenters. The number of carbonyl (C=O) groups is 6. The number of amides is 4. The maximum atomic E-state index is 13.2. The lowest BCUT2D eigenvalue weighted by Gasteiger charge is -2.35. The van der Waals surface area contributed by atoms with Crippen molar-refractivity contribution in [1.29, 1.82) is 5.41 Å². The molecular formula is C23H29N5O8. The molecule has 1 aliphatic rings. The van der Waals surface area contributed by atoms with Gasteiger partial charge in [-0.25, -0.2) is 9.80 Å². The Balaban J connectivity index is 2.35. The largest absolute Gasteiger partial charge is 0.481 e. The minimum Gasteiger partial charge on any atom is -0.481 e. The van der Waals surface area contributed by atoms with E-state index >= 15 is 0 Å². The van der Waals surface area contributed by atoms with Gasteiger partial charge in [-0.1, -0.05) is 38.1 Å². The standard InChI is InChI=1S/C23H29N5O8/c1-11(2)19(23(35)36)26-21(33)16(10-18(31)32)27(12(3)29)28-17(30)9-15(22(28)34)8-13-4-6-14(7-5-13)20(24)25/h4-7,11,15-16,19H,8-10H2,1-3H3,(H3,24,25)(H,26,33)(H,31,32)(H,35,36)/t15?,16-,19-/m0/s1. The van der Waals surface area contributed by atoms with E-state index in [-0.39, 0.29) is 18.7 Å². The molecule has 2 rings (SSSR count). The van der Waals surface area contributed by atoms with Crippen LogP contribution in [0.2, 0.25) is 0 Å². The number of benzene rings is 1. The third kappa shape index (κ3) is 6.43. The van der Waals surface area contributed by atoms with Gasteiger partial charge in [-0.3, -0.25) is 29.4 Å². The van der Waals surface area contributed by atoms with Crippen molar-refractivity contribution in [2.45, 2.75) is 52.1 Å². The Hall–Kier alpha value is -4.29. The molecule has 1 aromatic rings. The van der Waals surface area contributed by atoms with Gasteiger partial charge in [-0.2, -0.15) is 5.01 Å². The van der Waals surface area contributed by atoms with Crippen LogP contribution in [-0.2, 0) is 35.2 Å². The molecule has 13 heteroatoms. The van der Waals surface area contributed by atoms with Crippen LogP contribution in [0, 0.1) is 17.2 Å². The fraction of sp³-hybridized carbons (Fsp3) is 0.435. The number of nitrogens with two attached hydrogens (primary N) is 1. The molecule has 13 nitrogen and oxygen atoms in total. The number of hydrogen-bond acceptors (Lipinski definition) is 7. The Morgan fingerprint density at radius 1 is 1.17 bits per heavy atom. The number of aliphatic carboxylic acids is 2. The second kappa shape index (κ2) is 11.4. The topological polar surface area (TPSA) is 211 Å². The van der Waals surface area contributed by atoms with Crippen molar-refractivity contribution >= 4 is 41.4 Å². The average Bonchev–Trinajstić information content (AvgIpc) is 3.04. The summed E-state index contributed by atoms with van der Waals surface area (Å²) in [7, 11) is 0. The molecule has 6 N–H and O–H groups in total. The third-order valence-electron chi connectivity index (χ3n) is 5.70. The van der Waals surface area contributed by atoms with E-state index in [9.17, 15) is 39.0 Å². The lowest BCUT2D eigenvalue weighted by molar-refractivity contribution is -0.176. The molecule has 4 amide bonds. The van der Waals surface area contributed by atoms with Crippen LogP contribution in [0.5, 0.6) is 0 Å². The van der Waals surface area contributed by atoms with E-state index in [1.165, 1.54) is 13.8 Å². The normalized spacial score (nSPS) is 17.0. The first kappa shape index (κ1) is 28.0. The monoisotopic (exact) mass is 503 g/mol. The fourth-order valence-corrected chi connectivity index (χ4v) is 3.89. The van der Waals surface area contributed by atoms with Crippen LogP contribution in [0.1, 0.15) is 44.7 Å². The van der Waals surface area contributed by atoms with Crippen LogP contribution in [0.4, 0.5) is 0 Å². The minimum atomic E-state index is -1.85. The van der Waals surface area contributed by atoms with E-state index in [1.807, 2.05) is 0 Å². The lowest BCUT2D eigenvalue weighted by atomic mass is 9.97. The zero-order chi connectivity index (χ0) is 27.3. The molecule has 36 heavy (non-hydrogen) atoms. The highest BCUT2D eigenvalue weighted by molar-refractivity contribution is 6.05. The second-order valence-electron chi connectivity index (χ2n) is 8.81. The van der Waals surface area contributed by atoms with Gasteiger partial charge in [0.2, 0.25) is 17.7 Å². The number of amidine groups is 1. The molecule has 194 valence electrons. The first-order valence-electron chi connectivity index (χ1n) is 11.1. The van der Waals surface area contributed by atoms with E-state index in [0.717, 1.165) is 6.92 Å². The van der Waals surface area contributed by atoms with Crippen LogP contribution in [0.3, 0.4) is 0 Å². The van der Waals surface area contributed by atoms with Crippen molar-refractivity contribution in [2.75, 3.05) is 0 Å². The highest BCUT2D eigenvalue weighted by atomic mass is 16.4. The second-order valence-corrected chi connectivity index (χ2v) is 8.81. The van der Waals surface area contributed by atoms with Crippen molar-refractivity contribution in [3.05, 3.63) is 35.4 Å². The molecular weight excluding hydrogens is 474 g/mol. The lowest BCUT2D eigenvalue weighted by Crippen LogP contribution is -2.61. The summed E-state index contributed by atoms with van der Waals surface area (Å²) in [5.74, 6) is -8.14. The molecule has 1 aliphatic heterocycles. The van der Waals surface area contributed by atoms with Crippen LogP contribution < -0.4 is 11.1 Å². The van der Waals surface area contributed by atoms with Crippen molar-refractivity contribution in [3.63, 3.8) is 0 Å². The van der Waals surface area contributed by atoms with Gasteiger partial charge >= 0.3 is 11.9 Å². The predicted molar refractivity (Wildman–Crippen MR) is 124 cm³/mol. The molecule has 0 aromatic heterocycles. The number of carboxylic acid groups (broad SMARTS) is 2. The maximum absolute atomic E-state index is 13.2. The molecule has 1 saturated heterocycles. The molecule has 1 aromatic carbocycles. The van der Waals surface area contributed by atoms with Crippen LogP contribution in [0.25, 0.3) is 0 Å². The van der Waals surface area contributed by atoms with Gasteiger partial charge in [-0.15, -0.1) is 0 Å². The Kier molecular flexibility index (Phi) is 8.87. The van der Waals surface area contributed by atoms with Gasteiger partial charge in [0.25, 0.3) is 5.91 Å². The van der Waals surface area contributed by atoms with Gasteiger partial charge in [0.05, 0.1) is 12.3 Å². The smallest absolute Gasteiger partial charge is 0.326 e.